The fraction of sp³-hybridized carbons (Fsp3) is 0.565. The average molecular weight is 513 g/mol. The van der Waals surface area contributed by atoms with Crippen molar-refractivity contribution in [2.45, 2.75) is 57.3 Å². The van der Waals surface area contributed by atoms with Gasteiger partial charge in [-0.2, -0.15) is 11.8 Å². The van der Waals surface area contributed by atoms with Gasteiger partial charge in [-0.25, -0.2) is 4.79 Å². The van der Waals surface area contributed by atoms with Crippen molar-refractivity contribution >= 4 is 35.5 Å². The molecule has 11 nitrogen and oxygen atoms in total. The molecular formula is C23H36N4O7S. The highest BCUT2D eigenvalue weighted by atomic mass is 32.2. The van der Waals surface area contributed by atoms with Gasteiger partial charge in [0.05, 0.1) is 12.6 Å². The van der Waals surface area contributed by atoms with Gasteiger partial charge >= 0.3 is 5.97 Å². The first-order valence-electron chi connectivity index (χ1n) is 11.3. The standard InChI is InChI=1S/C23H36N4O7S/c1-4-13(2)19(22(32)26-18(12-28)23(33)34)27-21(31)17(9-10-35-3)25-20(30)16(24)11-14-5-7-15(29)8-6-14/h5-8,13,16-19,28-29H,4,9-12,24H2,1-3H3,(H,25,30)(H,26,32)(H,27,31)(H,33,34). The largest absolute Gasteiger partial charge is 0.508 e. The number of aromatic hydroxyl groups is 1. The number of thioether (sulfide) groups is 1. The van der Waals surface area contributed by atoms with Crippen molar-refractivity contribution in [3.63, 3.8) is 0 Å². The van der Waals surface area contributed by atoms with Gasteiger partial charge in [0.2, 0.25) is 17.7 Å². The molecule has 35 heavy (non-hydrogen) atoms. The van der Waals surface area contributed by atoms with Crippen LogP contribution < -0.4 is 21.7 Å². The molecule has 0 aliphatic carbocycles. The normalized spacial score (nSPS) is 15.2. The number of nitrogens with two attached hydrogens (primary N) is 1. The highest BCUT2D eigenvalue weighted by molar-refractivity contribution is 7.98. The summed E-state index contributed by atoms with van der Waals surface area (Å²) in [5.41, 5.74) is 6.76. The second-order valence-corrected chi connectivity index (χ2v) is 9.26. The number of carboxylic acids is 1. The fourth-order valence-electron chi connectivity index (χ4n) is 3.16. The summed E-state index contributed by atoms with van der Waals surface area (Å²) < 4.78 is 0. The van der Waals surface area contributed by atoms with E-state index in [2.05, 4.69) is 16.0 Å². The minimum atomic E-state index is -1.50. The number of nitrogens with one attached hydrogen (secondary N) is 3. The number of hydrogen-bond acceptors (Lipinski definition) is 8. The lowest BCUT2D eigenvalue weighted by molar-refractivity contribution is -0.143. The zero-order valence-corrected chi connectivity index (χ0v) is 21.0. The molecule has 8 N–H and O–H groups in total. The van der Waals surface area contributed by atoms with Crippen LogP contribution in [0, 0.1) is 5.92 Å². The van der Waals surface area contributed by atoms with E-state index in [-0.39, 0.29) is 24.5 Å². The van der Waals surface area contributed by atoms with Gasteiger partial charge in [0.25, 0.3) is 0 Å². The Morgan fingerprint density at radius 1 is 1.00 bits per heavy atom. The van der Waals surface area contributed by atoms with Gasteiger partial charge in [0, 0.05) is 0 Å². The van der Waals surface area contributed by atoms with Crippen LogP contribution in [0.2, 0.25) is 0 Å². The Kier molecular flexibility index (Phi) is 13.1. The smallest absolute Gasteiger partial charge is 0.328 e. The van der Waals surface area contributed by atoms with Crippen LogP contribution in [0.15, 0.2) is 24.3 Å². The van der Waals surface area contributed by atoms with Crippen molar-refractivity contribution in [3.8, 4) is 5.75 Å². The van der Waals surface area contributed by atoms with E-state index in [4.69, 9.17) is 10.8 Å². The number of aliphatic hydroxyl groups is 1. The lowest BCUT2D eigenvalue weighted by Gasteiger charge is -2.28. The second-order valence-electron chi connectivity index (χ2n) is 8.27. The van der Waals surface area contributed by atoms with Crippen LogP contribution in [0.4, 0.5) is 0 Å². The maximum absolute atomic E-state index is 13.1. The molecule has 5 atom stereocenters. The molecule has 0 aliphatic heterocycles. The quantitative estimate of drug-likeness (QED) is 0.164. The van der Waals surface area contributed by atoms with Crippen LogP contribution in [0.1, 0.15) is 32.3 Å². The molecule has 0 radical (unpaired) electrons. The number of phenolic OH excluding ortho intramolecular Hbond substituents is 1. The molecule has 3 amide bonds. The summed E-state index contributed by atoms with van der Waals surface area (Å²) >= 11 is 1.48. The molecule has 0 aromatic heterocycles. The van der Waals surface area contributed by atoms with Crippen molar-refractivity contribution in [2.75, 3.05) is 18.6 Å². The highest BCUT2D eigenvalue weighted by Crippen LogP contribution is 2.12. The summed E-state index contributed by atoms with van der Waals surface area (Å²) in [5.74, 6) is -2.99. The van der Waals surface area contributed by atoms with Crippen molar-refractivity contribution < 1.29 is 34.5 Å². The van der Waals surface area contributed by atoms with Gasteiger partial charge in [-0.05, 0) is 48.5 Å². The summed E-state index contributed by atoms with van der Waals surface area (Å²) in [6.07, 6.45) is 2.84. The Labute approximate surface area is 209 Å². The number of carbonyl (C=O) groups is 4. The number of hydrogen-bond donors (Lipinski definition) is 7. The van der Waals surface area contributed by atoms with E-state index >= 15 is 0 Å². The van der Waals surface area contributed by atoms with Crippen molar-refractivity contribution in [3.05, 3.63) is 29.8 Å². The van der Waals surface area contributed by atoms with Crippen molar-refractivity contribution in [2.24, 2.45) is 11.7 Å². The molecule has 0 spiro atoms. The zero-order valence-electron chi connectivity index (χ0n) is 20.2. The predicted octanol–water partition coefficient (Wildman–Crippen LogP) is -0.407. The van der Waals surface area contributed by atoms with Crippen LogP contribution in [0.5, 0.6) is 5.75 Å². The summed E-state index contributed by atoms with van der Waals surface area (Å²) in [7, 11) is 0. The topological polar surface area (TPSA) is 191 Å². The molecule has 0 saturated carbocycles. The van der Waals surface area contributed by atoms with E-state index in [1.165, 1.54) is 23.9 Å². The monoisotopic (exact) mass is 512 g/mol. The van der Waals surface area contributed by atoms with Crippen LogP contribution in [0.3, 0.4) is 0 Å². The number of phenols is 1. The van der Waals surface area contributed by atoms with E-state index in [9.17, 15) is 29.4 Å². The number of aliphatic carboxylic acids is 1. The Balaban J connectivity index is 2.93. The van der Waals surface area contributed by atoms with Gasteiger partial charge in [0.1, 0.15) is 23.9 Å². The van der Waals surface area contributed by atoms with E-state index in [1.54, 1.807) is 19.1 Å². The van der Waals surface area contributed by atoms with E-state index < -0.39 is 54.5 Å². The van der Waals surface area contributed by atoms with Crippen LogP contribution >= 0.6 is 11.8 Å². The molecule has 0 heterocycles. The lowest BCUT2D eigenvalue weighted by Crippen LogP contribution is -2.59. The van der Waals surface area contributed by atoms with Crippen LogP contribution in [-0.4, -0.2) is 81.8 Å². The molecule has 0 bridgehead atoms. The number of carbonyl (C=O) groups excluding carboxylic acids is 3. The summed E-state index contributed by atoms with van der Waals surface area (Å²) in [6, 6.07) is 1.78. The summed E-state index contributed by atoms with van der Waals surface area (Å²) in [6.45, 7) is 2.74. The van der Waals surface area contributed by atoms with Crippen molar-refractivity contribution in [1.29, 1.82) is 0 Å². The third-order valence-electron chi connectivity index (χ3n) is 5.56. The third-order valence-corrected chi connectivity index (χ3v) is 6.21. The molecule has 1 aromatic carbocycles. The molecule has 196 valence electrons. The van der Waals surface area contributed by atoms with Crippen molar-refractivity contribution in [1.82, 2.24) is 16.0 Å². The predicted molar refractivity (Wildman–Crippen MR) is 133 cm³/mol. The molecule has 1 rings (SSSR count). The van der Waals surface area contributed by atoms with Gasteiger partial charge in [-0.15, -0.1) is 0 Å². The van der Waals surface area contributed by atoms with Gasteiger partial charge in [-0.1, -0.05) is 32.4 Å². The Hall–Kier alpha value is -2.83. The number of rotatable bonds is 15. The number of benzene rings is 1. The Morgan fingerprint density at radius 3 is 2.11 bits per heavy atom. The number of aliphatic hydroxyl groups excluding tert-OH is 1. The number of carboxylic acid groups (broad SMARTS) is 1. The minimum absolute atomic E-state index is 0.0918. The first kappa shape index (κ1) is 30.2. The van der Waals surface area contributed by atoms with E-state index in [1.807, 2.05) is 13.2 Å². The lowest BCUT2D eigenvalue weighted by atomic mass is 9.97. The number of amides is 3. The van der Waals surface area contributed by atoms with E-state index in [0.29, 0.717) is 12.2 Å². The van der Waals surface area contributed by atoms with Crippen LogP contribution in [-0.2, 0) is 25.6 Å². The molecular weight excluding hydrogens is 476 g/mol. The zero-order chi connectivity index (χ0) is 26.5. The minimum Gasteiger partial charge on any atom is -0.508 e. The third kappa shape index (κ3) is 10.1. The Morgan fingerprint density at radius 2 is 1.60 bits per heavy atom. The maximum Gasteiger partial charge on any atom is 0.328 e. The average Bonchev–Trinajstić information content (AvgIpc) is 2.83. The fourth-order valence-corrected chi connectivity index (χ4v) is 3.64. The maximum atomic E-state index is 13.1. The van der Waals surface area contributed by atoms with Gasteiger partial charge < -0.3 is 37.0 Å². The summed E-state index contributed by atoms with van der Waals surface area (Å²) in [5, 5.41) is 35.2. The molecule has 12 heteroatoms. The second kappa shape index (κ2) is 15.2. The van der Waals surface area contributed by atoms with Gasteiger partial charge in [0.15, 0.2) is 0 Å². The van der Waals surface area contributed by atoms with Gasteiger partial charge in [-0.3, -0.25) is 14.4 Å². The molecule has 0 fully saturated rings. The molecule has 0 aliphatic rings. The molecule has 5 unspecified atom stereocenters. The Bertz CT molecular complexity index is 853. The first-order chi connectivity index (χ1) is 16.5. The molecule has 1 aromatic rings. The van der Waals surface area contributed by atoms with Crippen LogP contribution in [0.25, 0.3) is 0 Å². The highest BCUT2D eigenvalue weighted by Gasteiger charge is 2.32. The van der Waals surface area contributed by atoms with E-state index in [0.717, 1.165) is 5.56 Å². The molecule has 0 saturated heterocycles. The first-order valence-corrected chi connectivity index (χ1v) is 12.7. The summed E-state index contributed by atoms with van der Waals surface area (Å²) in [4.78, 5) is 49.7. The SMILES string of the molecule is CCC(C)C(NC(=O)C(CCSC)NC(=O)C(N)Cc1ccc(O)cc1)C(=O)NC(CO)C(=O)O.